The highest BCUT2D eigenvalue weighted by atomic mass is 16.5. The molecule has 0 aromatic heterocycles. The topological polar surface area (TPSA) is 97.4 Å². The van der Waals surface area contributed by atoms with E-state index in [4.69, 9.17) is 14.2 Å². The molecule has 0 radical (unpaired) electrons. The van der Waals surface area contributed by atoms with Gasteiger partial charge < -0.3 is 24.4 Å². The highest BCUT2D eigenvalue weighted by Gasteiger charge is 2.39. The van der Waals surface area contributed by atoms with E-state index in [1.807, 2.05) is 0 Å². The minimum absolute atomic E-state index is 0.0101. The van der Waals surface area contributed by atoms with Gasteiger partial charge in [-0.3, -0.25) is 14.5 Å². The first kappa shape index (κ1) is 17.8. The molecule has 1 aromatic rings. The average Bonchev–Trinajstić information content (AvgIpc) is 3.26. The predicted molar refractivity (Wildman–Crippen MR) is 90.7 cm³/mol. The molecule has 1 atom stereocenters. The van der Waals surface area contributed by atoms with Crippen LogP contribution in [0.5, 0.6) is 17.2 Å². The Morgan fingerprint density at radius 2 is 1.77 bits per heavy atom. The van der Waals surface area contributed by atoms with Gasteiger partial charge in [-0.1, -0.05) is 0 Å². The molecular formula is C17H21N3O6. The third-order valence-corrected chi connectivity index (χ3v) is 4.61. The monoisotopic (exact) mass is 363 g/mol. The fourth-order valence-corrected chi connectivity index (χ4v) is 3.33. The van der Waals surface area contributed by atoms with Crippen molar-refractivity contribution in [1.29, 1.82) is 0 Å². The van der Waals surface area contributed by atoms with Crippen LogP contribution in [0.15, 0.2) is 12.1 Å². The molecule has 9 heteroatoms. The van der Waals surface area contributed by atoms with Crippen LogP contribution in [0.3, 0.4) is 0 Å². The summed E-state index contributed by atoms with van der Waals surface area (Å²) >= 11 is 0. The summed E-state index contributed by atoms with van der Waals surface area (Å²) in [7, 11) is 4.45. The zero-order valence-electron chi connectivity index (χ0n) is 14.9. The van der Waals surface area contributed by atoms with Gasteiger partial charge in [-0.25, -0.2) is 4.79 Å². The first-order valence-electron chi connectivity index (χ1n) is 8.19. The minimum Gasteiger partial charge on any atom is -0.493 e. The van der Waals surface area contributed by atoms with Crippen molar-refractivity contribution in [2.24, 2.45) is 0 Å². The Hall–Kier alpha value is -2.97. The van der Waals surface area contributed by atoms with Crippen LogP contribution in [0, 0.1) is 0 Å². The smallest absolute Gasteiger partial charge is 0.324 e. The van der Waals surface area contributed by atoms with Gasteiger partial charge in [-0.05, 0) is 18.6 Å². The van der Waals surface area contributed by atoms with Crippen LogP contribution in [-0.4, -0.2) is 74.7 Å². The molecule has 0 saturated carbocycles. The lowest BCUT2D eigenvalue weighted by atomic mass is 10.1. The highest BCUT2D eigenvalue weighted by molar-refractivity contribution is 6.02. The maximum atomic E-state index is 12.9. The number of hydrogen-bond donors (Lipinski definition) is 1. The molecule has 2 aliphatic rings. The molecule has 26 heavy (non-hydrogen) atoms. The van der Waals surface area contributed by atoms with Gasteiger partial charge in [0.1, 0.15) is 0 Å². The zero-order valence-corrected chi connectivity index (χ0v) is 14.9. The van der Waals surface area contributed by atoms with Crippen LogP contribution in [0.4, 0.5) is 4.79 Å². The number of rotatable bonds is 5. The number of benzene rings is 1. The molecule has 1 unspecified atom stereocenters. The van der Waals surface area contributed by atoms with Crippen molar-refractivity contribution in [3.8, 4) is 17.2 Å². The average molecular weight is 363 g/mol. The maximum Gasteiger partial charge on any atom is 0.324 e. The van der Waals surface area contributed by atoms with Crippen molar-refractivity contribution in [2.75, 3.05) is 41.0 Å². The molecule has 0 spiro atoms. The van der Waals surface area contributed by atoms with E-state index in [9.17, 15) is 14.4 Å². The number of imide groups is 1. The second kappa shape index (κ2) is 7.11. The van der Waals surface area contributed by atoms with Gasteiger partial charge in [0.2, 0.25) is 11.7 Å². The second-order valence-corrected chi connectivity index (χ2v) is 6.03. The van der Waals surface area contributed by atoms with Gasteiger partial charge in [0.05, 0.1) is 33.9 Å². The molecule has 0 bridgehead atoms. The first-order valence-corrected chi connectivity index (χ1v) is 8.19. The van der Waals surface area contributed by atoms with E-state index >= 15 is 0 Å². The Bertz CT molecular complexity index is 709. The summed E-state index contributed by atoms with van der Waals surface area (Å²) in [5.41, 5.74) is 0.386. The lowest BCUT2D eigenvalue weighted by molar-refractivity contribution is -0.126. The quantitative estimate of drug-likeness (QED) is 0.764. The number of amides is 4. The van der Waals surface area contributed by atoms with E-state index in [1.165, 1.54) is 26.2 Å². The largest absolute Gasteiger partial charge is 0.493 e. The van der Waals surface area contributed by atoms with Crippen LogP contribution in [0.25, 0.3) is 0 Å². The number of methoxy groups -OCH3 is 3. The first-order chi connectivity index (χ1) is 12.5. The van der Waals surface area contributed by atoms with E-state index in [-0.39, 0.29) is 24.4 Å². The Morgan fingerprint density at radius 1 is 1.12 bits per heavy atom. The fraction of sp³-hybridized carbons (Fsp3) is 0.471. The van der Waals surface area contributed by atoms with Crippen molar-refractivity contribution in [1.82, 2.24) is 15.1 Å². The third-order valence-electron chi connectivity index (χ3n) is 4.61. The summed E-state index contributed by atoms with van der Waals surface area (Å²) in [6, 6.07) is 2.47. The van der Waals surface area contributed by atoms with Gasteiger partial charge in [0.15, 0.2) is 11.5 Å². The van der Waals surface area contributed by atoms with Gasteiger partial charge >= 0.3 is 6.03 Å². The van der Waals surface area contributed by atoms with Gasteiger partial charge in [-0.15, -0.1) is 0 Å². The van der Waals surface area contributed by atoms with E-state index in [1.54, 1.807) is 17.0 Å². The number of ether oxygens (including phenoxy) is 3. The molecule has 2 aliphatic heterocycles. The number of hydrogen-bond acceptors (Lipinski definition) is 6. The number of carbonyl (C=O) groups excluding carboxylic acids is 3. The number of carbonyl (C=O) groups is 3. The molecular weight excluding hydrogens is 342 g/mol. The van der Waals surface area contributed by atoms with Gasteiger partial charge in [0, 0.05) is 18.7 Å². The second-order valence-electron chi connectivity index (χ2n) is 6.03. The Balaban J connectivity index is 1.80. The van der Waals surface area contributed by atoms with Gasteiger partial charge in [-0.2, -0.15) is 0 Å². The van der Waals surface area contributed by atoms with Crippen LogP contribution < -0.4 is 19.5 Å². The SMILES string of the molecule is COc1cc(C(=O)N2CCC(N3C(=O)CNC3=O)C2)cc(OC)c1OC. The molecule has 1 aromatic carbocycles. The summed E-state index contributed by atoms with van der Waals surface area (Å²) in [6.07, 6.45) is 0.551. The summed E-state index contributed by atoms with van der Waals surface area (Å²) in [5, 5.41) is 2.50. The highest BCUT2D eigenvalue weighted by Crippen LogP contribution is 2.38. The lowest BCUT2D eigenvalue weighted by Crippen LogP contribution is -2.42. The minimum atomic E-state index is -0.401. The van der Waals surface area contributed by atoms with E-state index in [0.717, 1.165) is 0 Å². The molecule has 9 nitrogen and oxygen atoms in total. The van der Waals surface area contributed by atoms with E-state index in [2.05, 4.69) is 5.32 Å². The van der Waals surface area contributed by atoms with Crippen LogP contribution in [0.1, 0.15) is 16.8 Å². The summed E-state index contributed by atoms with van der Waals surface area (Å²) in [4.78, 5) is 39.3. The molecule has 2 fully saturated rings. The zero-order chi connectivity index (χ0) is 18.8. The number of urea groups is 1. The fourth-order valence-electron chi connectivity index (χ4n) is 3.33. The van der Waals surface area contributed by atoms with E-state index < -0.39 is 6.03 Å². The molecule has 140 valence electrons. The Kier molecular flexibility index (Phi) is 4.88. The predicted octanol–water partition coefficient (Wildman–Crippen LogP) is 0.479. The Morgan fingerprint density at radius 3 is 2.27 bits per heavy atom. The molecule has 2 saturated heterocycles. The summed E-state index contributed by atoms with van der Waals surface area (Å²) in [6.45, 7) is 0.766. The number of nitrogens with zero attached hydrogens (tertiary/aromatic N) is 2. The summed E-state index contributed by atoms with van der Waals surface area (Å²) in [5.74, 6) is 0.700. The molecule has 4 amide bonds. The van der Waals surface area contributed by atoms with Crippen molar-refractivity contribution in [3.63, 3.8) is 0 Å². The normalized spacial score (nSPS) is 19.6. The maximum absolute atomic E-state index is 12.9. The molecule has 3 rings (SSSR count). The van der Waals surface area contributed by atoms with Crippen molar-refractivity contribution in [2.45, 2.75) is 12.5 Å². The van der Waals surface area contributed by atoms with Crippen LogP contribution in [0.2, 0.25) is 0 Å². The van der Waals surface area contributed by atoms with Crippen LogP contribution >= 0.6 is 0 Å². The van der Waals surface area contributed by atoms with Crippen LogP contribution in [-0.2, 0) is 4.79 Å². The Labute approximate surface area is 150 Å². The molecule has 1 N–H and O–H groups in total. The van der Waals surface area contributed by atoms with E-state index in [0.29, 0.717) is 42.3 Å². The van der Waals surface area contributed by atoms with Crippen molar-refractivity contribution in [3.05, 3.63) is 17.7 Å². The summed E-state index contributed by atoms with van der Waals surface area (Å²) < 4.78 is 15.8. The number of nitrogens with one attached hydrogen (secondary N) is 1. The molecule has 2 heterocycles. The third kappa shape index (κ3) is 3.00. The standard InChI is InChI=1S/C17H21N3O6/c1-24-12-6-10(7-13(25-2)15(12)26-3)16(22)19-5-4-11(9-19)20-14(21)8-18-17(20)23/h6-7,11H,4-5,8-9H2,1-3H3,(H,18,23). The van der Waals surface area contributed by atoms with Crippen molar-refractivity contribution >= 4 is 17.8 Å². The van der Waals surface area contributed by atoms with Gasteiger partial charge in [0.25, 0.3) is 5.91 Å². The lowest BCUT2D eigenvalue weighted by Gasteiger charge is -2.22. The van der Waals surface area contributed by atoms with Crippen molar-refractivity contribution < 1.29 is 28.6 Å². The number of likely N-dealkylation sites (tertiary alicyclic amines) is 1. The molecule has 0 aliphatic carbocycles.